The van der Waals surface area contributed by atoms with Crippen LogP contribution in [0.1, 0.15) is 25.8 Å². The molecule has 0 aromatic heterocycles. The van der Waals surface area contributed by atoms with Crippen LogP contribution in [0, 0.1) is 0 Å². The van der Waals surface area contributed by atoms with Gasteiger partial charge in [-0.25, -0.2) is 12.7 Å². The number of nitrogens with zero attached hydrogens (tertiary/aromatic N) is 2. The van der Waals surface area contributed by atoms with E-state index in [4.69, 9.17) is 5.73 Å². The van der Waals surface area contributed by atoms with Crippen molar-refractivity contribution in [3.8, 4) is 0 Å². The molecular weight excluding hydrogens is 427 g/mol. The van der Waals surface area contributed by atoms with Gasteiger partial charge >= 0.3 is 0 Å². The number of aryl methyl sites for hydroxylation is 1. The van der Waals surface area contributed by atoms with Gasteiger partial charge in [-0.1, -0.05) is 19.1 Å². The predicted octanol–water partition coefficient (Wildman–Crippen LogP) is 2.27. The lowest BCUT2D eigenvalue weighted by Gasteiger charge is -2.15. The lowest BCUT2D eigenvalue weighted by atomic mass is 10.1. The van der Waals surface area contributed by atoms with Crippen molar-refractivity contribution < 1.29 is 8.42 Å². The number of nitrogens with two attached hydrogens (primary N) is 1. The van der Waals surface area contributed by atoms with Crippen molar-refractivity contribution in [2.75, 3.05) is 31.2 Å². The van der Waals surface area contributed by atoms with Crippen LogP contribution in [0.4, 0.5) is 5.69 Å². The monoisotopic (exact) mass is 454 g/mol. The molecule has 0 bridgehead atoms. The molecule has 8 heteroatoms. The summed E-state index contributed by atoms with van der Waals surface area (Å²) in [5.41, 5.74) is 7.97. The number of hydrogen-bond donors (Lipinski definition) is 2. The average molecular weight is 454 g/mol. The van der Waals surface area contributed by atoms with Crippen molar-refractivity contribution in [2.45, 2.75) is 26.7 Å². The highest BCUT2D eigenvalue weighted by Gasteiger charge is 2.13. The van der Waals surface area contributed by atoms with E-state index in [-0.39, 0.29) is 29.7 Å². The van der Waals surface area contributed by atoms with Crippen LogP contribution in [0.25, 0.3) is 0 Å². The van der Waals surface area contributed by atoms with Gasteiger partial charge in [0.1, 0.15) is 0 Å². The van der Waals surface area contributed by atoms with E-state index in [1.165, 1.54) is 9.87 Å². The molecule has 3 N–H and O–H groups in total. The number of guanidine groups is 1. The van der Waals surface area contributed by atoms with E-state index in [2.05, 4.69) is 23.3 Å². The Morgan fingerprint density at radius 3 is 2.65 bits per heavy atom. The molecule has 0 aliphatic rings. The minimum atomic E-state index is -3.12. The van der Waals surface area contributed by atoms with Gasteiger partial charge in [0.05, 0.1) is 5.75 Å². The van der Waals surface area contributed by atoms with Crippen LogP contribution in [0.5, 0.6) is 0 Å². The molecule has 0 unspecified atom stereocenters. The minimum Gasteiger partial charge on any atom is -0.370 e. The SMILES string of the molecule is CCc1cccc(NC(N)=NCCCN(C)S(=O)(=O)CC)c1.I. The number of halogens is 1. The third-order valence-corrected chi connectivity index (χ3v) is 5.22. The Labute approximate surface area is 156 Å². The maximum atomic E-state index is 11.6. The summed E-state index contributed by atoms with van der Waals surface area (Å²) >= 11 is 0. The maximum absolute atomic E-state index is 11.6. The largest absolute Gasteiger partial charge is 0.370 e. The van der Waals surface area contributed by atoms with Gasteiger partial charge in [0.15, 0.2) is 5.96 Å². The van der Waals surface area contributed by atoms with Gasteiger partial charge in [0, 0.05) is 25.8 Å². The van der Waals surface area contributed by atoms with Gasteiger partial charge in [-0.05, 0) is 37.5 Å². The van der Waals surface area contributed by atoms with Crippen molar-refractivity contribution in [3.63, 3.8) is 0 Å². The third-order valence-electron chi connectivity index (χ3n) is 3.36. The third kappa shape index (κ3) is 7.98. The molecule has 0 radical (unpaired) electrons. The average Bonchev–Trinajstić information content (AvgIpc) is 2.51. The van der Waals surface area contributed by atoms with Crippen molar-refractivity contribution in [3.05, 3.63) is 29.8 Å². The topological polar surface area (TPSA) is 87.8 Å². The number of benzene rings is 1. The van der Waals surface area contributed by atoms with Crippen molar-refractivity contribution in [1.82, 2.24) is 4.31 Å². The van der Waals surface area contributed by atoms with Crippen LogP contribution < -0.4 is 11.1 Å². The van der Waals surface area contributed by atoms with Crippen LogP contribution in [0.3, 0.4) is 0 Å². The lowest BCUT2D eigenvalue weighted by Crippen LogP contribution is -2.30. The van der Waals surface area contributed by atoms with E-state index in [0.717, 1.165) is 12.1 Å². The zero-order valence-electron chi connectivity index (χ0n) is 13.9. The van der Waals surface area contributed by atoms with Crippen LogP contribution in [-0.2, 0) is 16.4 Å². The molecule has 0 spiro atoms. The lowest BCUT2D eigenvalue weighted by molar-refractivity contribution is 0.465. The summed E-state index contributed by atoms with van der Waals surface area (Å²) in [5.74, 6) is 0.457. The Bertz CT molecular complexity index is 605. The molecule has 1 aromatic carbocycles. The van der Waals surface area contributed by atoms with Crippen molar-refractivity contribution >= 4 is 45.6 Å². The summed E-state index contributed by atoms with van der Waals surface area (Å²) in [6.45, 7) is 4.65. The summed E-state index contributed by atoms with van der Waals surface area (Å²) in [6.07, 6.45) is 1.60. The molecule has 0 fully saturated rings. The molecule has 0 saturated carbocycles. The van der Waals surface area contributed by atoms with Gasteiger partial charge < -0.3 is 11.1 Å². The second-order valence-corrected chi connectivity index (χ2v) is 7.39. The Kier molecular flexibility index (Phi) is 10.4. The number of rotatable bonds is 8. The maximum Gasteiger partial charge on any atom is 0.213 e. The number of sulfonamides is 1. The molecule has 0 heterocycles. The number of nitrogens with one attached hydrogen (secondary N) is 1. The molecule has 1 aromatic rings. The van der Waals surface area contributed by atoms with Gasteiger partial charge in [-0.15, -0.1) is 24.0 Å². The molecule has 0 aliphatic carbocycles. The molecule has 0 saturated heterocycles. The second kappa shape index (κ2) is 10.8. The molecule has 0 aliphatic heterocycles. The summed E-state index contributed by atoms with van der Waals surface area (Å²) < 4.78 is 24.5. The molecule has 1 rings (SSSR count). The van der Waals surface area contributed by atoms with Crippen LogP contribution >= 0.6 is 24.0 Å². The minimum absolute atomic E-state index is 0. The van der Waals surface area contributed by atoms with Gasteiger partial charge in [-0.2, -0.15) is 0 Å². The van der Waals surface area contributed by atoms with E-state index in [0.29, 0.717) is 25.5 Å². The smallest absolute Gasteiger partial charge is 0.213 e. The second-order valence-electron chi connectivity index (χ2n) is 5.02. The van der Waals surface area contributed by atoms with E-state index >= 15 is 0 Å². The molecule has 0 amide bonds. The molecule has 23 heavy (non-hydrogen) atoms. The Morgan fingerprint density at radius 1 is 1.35 bits per heavy atom. The fourth-order valence-corrected chi connectivity index (χ4v) is 2.76. The summed E-state index contributed by atoms with van der Waals surface area (Å²) in [4.78, 5) is 4.22. The van der Waals surface area contributed by atoms with Crippen molar-refractivity contribution in [2.24, 2.45) is 10.7 Å². The fraction of sp³-hybridized carbons (Fsp3) is 0.533. The summed E-state index contributed by atoms with van der Waals surface area (Å²) in [6, 6.07) is 7.99. The first-order chi connectivity index (χ1) is 10.4. The first-order valence-electron chi connectivity index (χ1n) is 7.49. The predicted molar refractivity (Wildman–Crippen MR) is 108 cm³/mol. The summed E-state index contributed by atoms with van der Waals surface area (Å²) in [5, 5.41) is 3.04. The normalized spacial score (nSPS) is 12.1. The van der Waals surface area contributed by atoms with E-state index in [9.17, 15) is 8.42 Å². The number of aliphatic imine (C=N–C) groups is 1. The van der Waals surface area contributed by atoms with Crippen LogP contribution in [0.15, 0.2) is 29.3 Å². The van der Waals surface area contributed by atoms with E-state index in [1.54, 1.807) is 14.0 Å². The van der Waals surface area contributed by atoms with Crippen LogP contribution in [-0.4, -0.2) is 44.6 Å². The number of anilines is 1. The van der Waals surface area contributed by atoms with E-state index in [1.807, 2.05) is 18.2 Å². The Morgan fingerprint density at radius 2 is 2.04 bits per heavy atom. The first kappa shape index (κ1) is 22.1. The standard InChI is InChI=1S/C15H26N4O2S.HI/c1-4-13-8-6-9-14(12-13)18-15(16)17-10-7-11-19(3)22(20,21)5-2;/h6,8-9,12H,4-5,7,10-11H2,1-3H3,(H3,16,17,18);1H. The number of hydrogen-bond acceptors (Lipinski definition) is 3. The Balaban J connectivity index is 0.00000484. The van der Waals surface area contributed by atoms with Crippen molar-refractivity contribution in [1.29, 1.82) is 0 Å². The zero-order valence-corrected chi connectivity index (χ0v) is 17.1. The van der Waals surface area contributed by atoms with Crippen LogP contribution in [0.2, 0.25) is 0 Å². The molecule has 6 nitrogen and oxygen atoms in total. The first-order valence-corrected chi connectivity index (χ1v) is 9.09. The fourth-order valence-electron chi connectivity index (χ4n) is 1.91. The van der Waals surface area contributed by atoms with Gasteiger partial charge in [-0.3, -0.25) is 4.99 Å². The zero-order chi connectivity index (χ0) is 16.6. The Hall–Kier alpha value is -0.870. The molecular formula is C15H27IN4O2S. The quantitative estimate of drug-likeness (QED) is 0.273. The molecule has 132 valence electrons. The highest BCUT2D eigenvalue weighted by molar-refractivity contribution is 14.0. The summed E-state index contributed by atoms with van der Waals surface area (Å²) in [7, 11) is -1.53. The van der Waals surface area contributed by atoms with E-state index < -0.39 is 10.0 Å². The highest BCUT2D eigenvalue weighted by Crippen LogP contribution is 2.10. The molecule has 0 atom stereocenters. The highest BCUT2D eigenvalue weighted by atomic mass is 127. The van der Waals surface area contributed by atoms with Gasteiger partial charge in [0.2, 0.25) is 10.0 Å². The van der Waals surface area contributed by atoms with Gasteiger partial charge in [0.25, 0.3) is 0 Å².